The normalized spacial score (nSPS) is 9.49. The number of halogens is 2. The Morgan fingerprint density at radius 1 is 0.681 bits per heavy atom. The minimum Gasteiger partial charge on any atom is -0.481 e. The van der Waals surface area contributed by atoms with Gasteiger partial charge in [-0.3, -0.25) is 43.3 Å². The molecule has 1 heterocycles. The highest BCUT2D eigenvalue weighted by Crippen LogP contribution is 2.07. The molecule has 4 N–H and O–H groups in total. The zero-order chi connectivity index (χ0) is 39.6. The topological polar surface area (TPSA) is 217 Å². The molecule has 0 radical (unpaired) electrons. The highest BCUT2D eigenvalue weighted by Gasteiger charge is 2.24. The fourth-order valence-electron chi connectivity index (χ4n) is 1.91. The predicted molar refractivity (Wildman–Crippen MR) is 202 cm³/mol. The lowest BCUT2D eigenvalue weighted by Gasteiger charge is -2.08. The minimum atomic E-state index is -0.986. The molecular formula is C30H62I2N4O11. The van der Waals surface area contributed by atoms with Crippen molar-refractivity contribution in [2.45, 2.75) is 107 Å². The lowest BCUT2D eigenvalue weighted by atomic mass is 10.3. The van der Waals surface area contributed by atoms with Gasteiger partial charge in [-0.25, -0.2) is 0 Å². The third-order valence-corrected chi connectivity index (χ3v) is 4.26. The zero-order valence-corrected chi connectivity index (χ0v) is 35.2. The number of aliphatic carboxylic acids is 2. The fourth-order valence-corrected chi connectivity index (χ4v) is 1.91. The number of methoxy groups -OCH3 is 1. The predicted octanol–water partition coefficient (Wildman–Crippen LogP) is 4.86. The van der Waals surface area contributed by atoms with Crippen molar-refractivity contribution in [1.29, 1.82) is 0 Å². The Bertz CT molecular complexity index is 769. The number of hydrogen-bond acceptors (Lipinski definition) is 9. The van der Waals surface area contributed by atoms with Crippen molar-refractivity contribution in [1.82, 2.24) is 20.4 Å². The molecule has 5 amide bonds. The Hall–Kier alpha value is -2.58. The molecule has 0 unspecified atom stereocenters. The summed E-state index contributed by atoms with van der Waals surface area (Å²) in [5.41, 5.74) is 0. The number of rotatable bonds is 9. The van der Waals surface area contributed by atoms with Gasteiger partial charge < -0.3 is 30.5 Å². The maximum Gasteiger partial charge on any atom is 0.306 e. The molecule has 1 rings (SSSR count). The Labute approximate surface area is 306 Å². The molecule has 0 aliphatic carbocycles. The van der Waals surface area contributed by atoms with E-state index in [0.717, 1.165) is 0 Å². The van der Waals surface area contributed by atoms with E-state index in [1.54, 1.807) is 21.1 Å². The summed E-state index contributed by atoms with van der Waals surface area (Å²) in [7, 11) is 9.12. The van der Waals surface area contributed by atoms with Crippen molar-refractivity contribution in [3.63, 3.8) is 0 Å². The number of nitrogens with zero attached hydrogens (tertiary/aromatic N) is 2. The number of amides is 5. The summed E-state index contributed by atoms with van der Waals surface area (Å²) in [5, 5.41) is 20.9. The average Bonchev–Trinajstić information content (AvgIpc) is 3.40. The Balaban J connectivity index is -0.0000000660. The largest absolute Gasteiger partial charge is 0.481 e. The average molecular weight is 909 g/mol. The van der Waals surface area contributed by atoms with Crippen molar-refractivity contribution in [3.8, 4) is 0 Å². The molecule has 282 valence electrons. The summed E-state index contributed by atoms with van der Waals surface area (Å²) >= 11 is 4.24. The van der Waals surface area contributed by atoms with Gasteiger partial charge in [0.15, 0.2) is 0 Å². The smallest absolute Gasteiger partial charge is 0.306 e. The van der Waals surface area contributed by atoms with E-state index >= 15 is 0 Å². The molecule has 1 aliphatic rings. The van der Waals surface area contributed by atoms with E-state index in [-0.39, 0.29) is 68.1 Å². The van der Waals surface area contributed by atoms with Crippen LogP contribution in [0.2, 0.25) is 0 Å². The van der Waals surface area contributed by atoms with Crippen LogP contribution in [0.15, 0.2) is 0 Å². The molecule has 17 heteroatoms. The zero-order valence-electron chi connectivity index (χ0n) is 30.9. The van der Waals surface area contributed by atoms with Gasteiger partial charge in [-0.05, 0) is 0 Å². The molecule has 47 heavy (non-hydrogen) atoms. The number of carbonyl (C=O) groups excluding carboxylic acids is 6. The Morgan fingerprint density at radius 2 is 0.979 bits per heavy atom. The Morgan fingerprint density at radius 3 is 1.19 bits per heavy atom. The highest BCUT2D eigenvalue weighted by molar-refractivity contribution is 15.0. The van der Waals surface area contributed by atoms with Gasteiger partial charge in [0.1, 0.15) is 0 Å². The first kappa shape index (κ1) is 63.1. The van der Waals surface area contributed by atoms with Gasteiger partial charge >= 0.3 is 17.9 Å². The maximum absolute atomic E-state index is 10.9. The molecule has 0 aromatic heterocycles. The van der Waals surface area contributed by atoms with Crippen LogP contribution >= 0.6 is 37.2 Å². The van der Waals surface area contributed by atoms with Crippen molar-refractivity contribution < 1.29 is 53.3 Å². The third kappa shape index (κ3) is 59.4. The third-order valence-electron chi connectivity index (χ3n) is 4.26. The van der Waals surface area contributed by atoms with E-state index in [1.165, 1.54) is 31.0 Å². The molecule has 15 nitrogen and oxygen atoms in total. The van der Waals surface area contributed by atoms with Crippen LogP contribution in [0.1, 0.15) is 107 Å². The number of carboxylic acids is 2. The van der Waals surface area contributed by atoms with Crippen LogP contribution < -0.4 is 10.6 Å². The van der Waals surface area contributed by atoms with Crippen LogP contribution in [0.4, 0.5) is 0 Å². The molecule has 1 saturated heterocycles. The lowest BCUT2D eigenvalue weighted by Crippen LogP contribution is -2.25. The van der Waals surface area contributed by atoms with E-state index in [4.69, 9.17) is 10.2 Å². The fraction of sp³-hybridized carbons (Fsp3) is 0.733. The van der Waals surface area contributed by atoms with E-state index < -0.39 is 17.9 Å². The van der Waals surface area contributed by atoms with Crippen molar-refractivity contribution in [2.75, 3.05) is 42.3 Å². The molecule has 0 aromatic rings. The number of carbonyl (C=O) groups is 8. The number of carboxylic acid groups (broad SMARTS) is 2. The van der Waals surface area contributed by atoms with Gasteiger partial charge in [0.05, 0.1) is 26.4 Å². The summed E-state index contributed by atoms with van der Waals surface area (Å²) < 4.78 is 4.20. The monoisotopic (exact) mass is 908 g/mol. The summed E-state index contributed by atoms with van der Waals surface area (Å²) in [6, 6.07) is 0. The van der Waals surface area contributed by atoms with E-state index in [9.17, 15) is 38.4 Å². The minimum absolute atomic E-state index is 0.0198. The molecule has 0 bridgehead atoms. The summed E-state index contributed by atoms with van der Waals surface area (Å²) in [6.07, 6.45) is 1.11. The molecule has 0 aromatic carbocycles. The molecule has 1 aliphatic heterocycles. The van der Waals surface area contributed by atoms with Gasteiger partial charge in [-0.1, -0.05) is 55.4 Å². The van der Waals surface area contributed by atoms with Crippen molar-refractivity contribution in [3.05, 3.63) is 0 Å². The first-order valence-electron chi connectivity index (χ1n) is 15.2. The second-order valence-electron chi connectivity index (χ2n) is 7.34. The molecule has 0 saturated carbocycles. The van der Waals surface area contributed by atoms with E-state index in [0.29, 0.717) is 12.8 Å². The number of likely N-dealkylation sites (tertiary alicyclic amines) is 1. The van der Waals surface area contributed by atoms with Gasteiger partial charge in [-0.2, -0.15) is 0 Å². The van der Waals surface area contributed by atoms with Crippen LogP contribution in [0, 0.1) is 0 Å². The molecule has 0 atom stereocenters. The number of nitrogens with one attached hydrogen (secondary N) is 2. The number of esters is 1. The van der Waals surface area contributed by atoms with Crippen LogP contribution in [0.3, 0.4) is 0 Å². The maximum atomic E-state index is 10.9. The first-order valence-corrected chi connectivity index (χ1v) is 21.5. The second-order valence-corrected chi connectivity index (χ2v) is 7.34. The van der Waals surface area contributed by atoms with E-state index in [1.807, 2.05) is 55.4 Å². The summed E-state index contributed by atoms with van der Waals surface area (Å²) in [5.74, 6) is -2.90. The standard InChI is InChI=1S/C7H14N2O2.C5H9NO3.C5H7NO2.C5H8O4.4C2H6.I2/c1-8-6(10)4-5-7(11)9(2)3;1-6-4(7)2-3-5(8)9;1-6-4(7)2-3-5(6)8;1-9-5(8)3-2-4(6)7;5*1-2/h4-5H2,1-3H3,(H,8,10);2-3H2,1H3,(H,6,7)(H,8,9);2-3H2,1H3;2-3H2,1H3,(H,6,7);4*1-2H3;. The first-order chi connectivity index (χ1) is 22.1. The molecule has 1 fully saturated rings. The van der Waals surface area contributed by atoms with Crippen molar-refractivity contribution >= 4 is 84.7 Å². The van der Waals surface area contributed by atoms with E-state index in [2.05, 4.69) is 52.6 Å². The highest BCUT2D eigenvalue weighted by atomic mass is 128. The Kier molecular flexibility index (Phi) is 71.1. The van der Waals surface area contributed by atoms with Gasteiger partial charge in [-0.15, -0.1) is 0 Å². The van der Waals surface area contributed by atoms with Crippen LogP contribution in [0.5, 0.6) is 0 Å². The van der Waals surface area contributed by atoms with Gasteiger partial charge in [0, 0.05) is 105 Å². The van der Waals surface area contributed by atoms with Gasteiger partial charge in [0.25, 0.3) is 0 Å². The van der Waals surface area contributed by atoms with Gasteiger partial charge in [0.2, 0.25) is 29.5 Å². The SMILES string of the molecule is CC.CC.CC.CC.CN1C(=O)CCC1=O.CNC(=O)CCC(=O)N(C)C.CNC(=O)CCC(=O)O.COC(=O)CCC(=O)O.II. The number of ether oxygens (including phenoxy) is 1. The summed E-state index contributed by atoms with van der Waals surface area (Å²) in [6.45, 7) is 16.0. The van der Waals surface area contributed by atoms with Crippen LogP contribution in [-0.2, 0) is 43.1 Å². The number of hydrogen-bond donors (Lipinski definition) is 4. The molecular weight excluding hydrogens is 846 g/mol. The molecule has 0 spiro atoms. The summed E-state index contributed by atoms with van der Waals surface area (Å²) in [4.78, 5) is 85.4. The van der Waals surface area contributed by atoms with Crippen molar-refractivity contribution in [2.24, 2.45) is 0 Å². The number of imide groups is 1. The quantitative estimate of drug-likeness (QED) is 0.139. The van der Waals surface area contributed by atoms with Crippen LogP contribution in [-0.4, -0.2) is 110 Å². The second kappa shape index (κ2) is 52.9. The lowest BCUT2D eigenvalue weighted by molar-refractivity contribution is -0.145. The van der Waals surface area contributed by atoms with Crippen LogP contribution in [0.25, 0.3) is 0 Å².